The van der Waals surface area contributed by atoms with Gasteiger partial charge in [-0.15, -0.1) is 0 Å². The zero-order valence-corrected chi connectivity index (χ0v) is 14.5. The largest absolute Gasteiger partial charge is 0.394 e. The van der Waals surface area contributed by atoms with E-state index >= 15 is 0 Å². The summed E-state index contributed by atoms with van der Waals surface area (Å²) < 4.78 is 1.98. The number of nitrogens with zero attached hydrogens (tertiary/aromatic N) is 6. The molecule has 0 fully saturated rings. The second-order valence-corrected chi connectivity index (χ2v) is 6.00. The van der Waals surface area contributed by atoms with Crippen LogP contribution in [0.3, 0.4) is 0 Å². The van der Waals surface area contributed by atoms with E-state index in [0.29, 0.717) is 23.0 Å². The molecule has 9 nitrogen and oxygen atoms in total. The zero-order chi connectivity index (χ0) is 17.8. The minimum atomic E-state index is -0.110. The van der Waals surface area contributed by atoms with E-state index in [1.807, 2.05) is 11.5 Å². The number of fused-ring (bicyclic) bond motifs is 1. The molecule has 3 aromatic rings. The quantitative estimate of drug-likeness (QED) is 0.598. The van der Waals surface area contributed by atoms with Gasteiger partial charge >= 0.3 is 0 Å². The Bertz CT molecular complexity index is 829. The summed E-state index contributed by atoms with van der Waals surface area (Å²) in [4.78, 5) is 21.6. The molecule has 3 rings (SSSR count). The van der Waals surface area contributed by atoms with Gasteiger partial charge in [0, 0.05) is 6.04 Å². The van der Waals surface area contributed by atoms with E-state index in [-0.39, 0.29) is 18.7 Å². The van der Waals surface area contributed by atoms with Crippen LogP contribution in [-0.2, 0) is 0 Å². The number of imidazole rings is 1. The van der Waals surface area contributed by atoms with Crippen molar-refractivity contribution in [2.75, 3.05) is 17.2 Å². The first-order chi connectivity index (χ1) is 12.1. The molecule has 0 saturated carbocycles. The highest BCUT2D eigenvalue weighted by atomic mass is 16.3. The van der Waals surface area contributed by atoms with E-state index in [1.165, 1.54) is 6.33 Å². The van der Waals surface area contributed by atoms with E-state index in [4.69, 9.17) is 0 Å². The Labute approximate surface area is 145 Å². The Hall–Kier alpha value is -2.81. The number of hydrogen-bond donors (Lipinski definition) is 3. The van der Waals surface area contributed by atoms with Crippen molar-refractivity contribution in [2.24, 2.45) is 0 Å². The summed E-state index contributed by atoms with van der Waals surface area (Å²) in [6.45, 7) is 6.13. The smallest absolute Gasteiger partial charge is 0.227 e. The average Bonchev–Trinajstić information content (AvgIpc) is 3.05. The monoisotopic (exact) mass is 342 g/mol. The van der Waals surface area contributed by atoms with Gasteiger partial charge in [0.2, 0.25) is 5.95 Å². The Kier molecular flexibility index (Phi) is 5.03. The summed E-state index contributed by atoms with van der Waals surface area (Å²) in [7, 11) is 0. The molecular formula is C16H22N8O. The van der Waals surface area contributed by atoms with Crippen molar-refractivity contribution in [1.29, 1.82) is 0 Å². The summed E-state index contributed by atoms with van der Waals surface area (Å²) in [5, 5.41) is 15.8. The second kappa shape index (κ2) is 7.39. The van der Waals surface area contributed by atoms with Crippen molar-refractivity contribution in [3.63, 3.8) is 0 Å². The van der Waals surface area contributed by atoms with Gasteiger partial charge in [-0.3, -0.25) is 0 Å². The Morgan fingerprint density at radius 1 is 1.20 bits per heavy atom. The van der Waals surface area contributed by atoms with E-state index in [9.17, 15) is 5.11 Å². The van der Waals surface area contributed by atoms with Crippen molar-refractivity contribution < 1.29 is 5.11 Å². The van der Waals surface area contributed by atoms with Gasteiger partial charge in [-0.1, -0.05) is 6.92 Å². The van der Waals surface area contributed by atoms with Crippen LogP contribution in [0.25, 0.3) is 11.2 Å². The van der Waals surface area contributed by atoms with Crippen LogP contribution >= 0.6 is 0 Å². The lowest BCUT2D eigenvalue weighted by Crippen LogP contribution is -2.24. The summed E-state index contributed by atoms with van der Waals surface area (Å²) in [6, 6.07) is 0.0984. The molecule has 0 radical (unpaired) electrons. The first kappa shape index (κ1) is 17.0. The summed E-state index contributed by atoms with van der Waals surface area (Å²) in [5.74, 6) is 1.00. The van der Waals surface area contributed by atoms with Gasteiger partial charge in [-0.25, -0.2) is 15.0 Å². The van der Waals surface area contributed by atoms with Gasteiger partial charge in [-0.2, -0.15) is 9.97 Å². The van der Waals surface area contributed by atoms with Crippen molar-refractivity contribution in [3.8, 4) is 0 Å². The third-order valence-electron chi connectivity index (χ3n) is 3.85. The number of hydrogen-bond acceptors (Lipinski definition) is 8. The number of aromatic nitrogens is 6. The molecule has 0 aliphatic rings. The van der Waals surface area contributed by atoms with Crippen LogP contribution in [0, 0.1) is 0 Å². The highest BCUT2D eigenvalue weighted by molar-refractivity contribution is 5.86. The maximum absolute atomic E-state index is 9.44. The fourth-order valence-corrected chi connectivity index (χ4v) is 2.41. The Balaban J connectivity index is 2.06. The summed E-state index contributed by atoms with van der Waals surface area (Å²) >= 11 is 0. The van der Waals surface area contributed by atoms with Crippen molar-refractivity contribution in [2.45, 2.75) is 39.3 Å². The summed E-state index contributed by atoms with van der Waals surface area (Å²) in [6.07, 6.45) is 7.31. The van der Waals surface area contributed by atoms with Crippen molar-refractivity contribution >= 4 is 28.6 Å². The highest BCUT2D eigenvalue weighted by Gasteiger charge is 2.16. The molecule has 0 saturated heterocycles. The van der Waals surface area contributed by atoms with E-state index in [2.05, 4.69) is 49.4 Å². The lowest BCUT2D eigenvalue weighted by Gasteiger charge is -2.16. The number of rotatable bonds is 7. The van der Waals surface area contributed by atoms with Crippen LogP contribution in [0.5, 0.6) is 0 Å². The van der Waals surface area contributed by atoms with Gasteiger partial charge in [0.05, 0.1) is 37.1 Å². The maximum Gasteiger partial charge on any atom is 0.227 e. The molecule has 25 heavy (non-hydrogen) atoms. The molecule has 0 unspecified atom stereocenters. The van der Waals surface area contributed by atoms with Crippen LogP contribution in [-0.4, -0.2) is 47.2 Å². The predicted octanol–water partition coefficient (Wildman–Crippen LogP) is 2.12. The van der Waals surface area contributed by atoms with Crippen LogP contribution in [0.4, 0.5) is 17.5 Å². The third-order valence-corrected chi connectivity index (χ3v) is 3.85. The molecule has 3 heterocycles. The molecule has 0 amide bonds. The molecule has 9 heteroatoms. The van der Waals surface area contributed by atoms with Crippen molar-refractivity contribution in [3.05, 3.63) is 25.0 Å². The lowest BCUT2D eigenvalue weighted by molar-refractivity contribution is 0.271. The van der Waals surface area contributed by atoms with Crippen LogP contribution in [0.15, 0.2) is 25.0 Å². The number of anilines is 3. The first-order valence-electron chi connectivity index (χ1n) is 8.26. The molecule has 0 spiro atoms. The zero-order valence-electron chi connectivity index (χ0n) is 14.5. The first-order valence-corrected chi connectivity index (χ1v) is 8.26. The van der Waals surface area contributed by atoms with Crippen molar-refractivity contribution in [1.82, 2.24) is 29.5 Å². The molecule has 0 aromatic carbocycles. The molecule has 0 aliphatic carbocycles. The molecule has 0 bridgehead atoms. The van der Waals surface area contributed by atoms with E-state index in [0.717, 1.165) is 12.1 Å². The minimum Gasteiger partial charge on any atom is -0.394 e. The molecule has 1 atom stereocenters. The van der Waals surface area contributed by atoms with Gasteiger partial charge < -0.3 is 20.3 Å². The van der Waals surface area contributed by atoms with Gasteiger partial charge in [0.25, 0.3) is 0 Å². The number of aliphatic hydroxyl groups is 1. The predicted molar refractivity (Wildman–Crippen MR) is 95.8 cm³/mol. The van der Waals surface area contributed by atoms with Crippen LogP contribution in [0.2, 0.25) is 0 Å². The normalized spacial score (nSPS) is 12.5. The second-order valence-electron chi connectivity index (χ2n) is 6.00. The minimum absolute atomic E-state index is 0.0105. The number of aliphatic hydroxyl groups excluding tert-OH is 1. The highest BCUT2D eigenvalue weighted by Crippen LogP contribution is 2.25. The number of nitrogens with one attached hydrogen (secondary N) is 2. The molecule has 3 N–H and O–H groups in total. The van der Waals surface area contributed by atoms with Gasteiger partial charge in [0.15, 0.2) is 17.0 Å². The van der Waals surface area contributed by atoms with Crippen LogP contribution in [0.1, 0.15) is 33.2 Å². The van der Waals surface area contributed by atoms with Gasteiger partial charge in [0.1, 0.15) is 6.33 Å². The SMILES string of the molecule is CC[C@H](CO)Nc1nc(Nc2cncnc2)c2ncn(C(C)C)c2n1. The standard InChI is InChI=1S/C16H22N8O/c1-4-11(7-25)21-16-22-14(20-12-5-17-8-18-6-12)13-15(23-16)24(9-19-13)10(2)3/h5-6,8-11,25H,4,7H2,1-3H3,(H2,20,21,22,23)/t11-/m1/s1. The van der Waals surface area contributed by atoms with E-state index in [1.54, 1.807) is 18.7 Å². The third kappa shape index (κ3) is 3.66. The molecule has 132 valence electrons. The average molecular weight is 342 g/mol. The topological polar surface area (TPSA) is 114 Å². The fourth-order valence-electron chi connectivity index (χ4n) is 2.41. The fraction of sp³-hybridized carbons (Fsp3) is 0.438. The summed E-state index contributed by atoms with van der Waals surface area (Å²) in [5.41, 5.74) is 2.10. The molecule has 3 aromatic heterocycles. The Morgan fingerprint density at radius 2 is 1.96 bits per heavy atom. The molecule has 0 aliphatic heterocycles. The lowest BCUT2D eigenvalue weighted by atomic mass is 10.2. The maximum atomic E-state index is 9.44. The van der Waals surface area contributed by atoms with E-state index < -0.39 is 0 Å². The Morgan fingerprint density at radius 3 is 2.60 bits per heavy atom. The molecular weight excluding hydrogens is 320 g/mol. The van der Waals surface area contributed by atoms with Crippen LogP contribution < -0.4 is 10.6 Å². The van der Waals surface area contributed by atoms with Gasteiger partial charge in [-0.05, 0) is 20.3 Å².